The Balaban J connectivity index is 2.02. The fourth-order valence-electron chi connectivity index (χ4n) is 3.58. The molecule has 0 spiro atoms. The zero-order chi connectivity index (χ0) is 20.9. The number of carbonyl (C=O) groups excluding carboxylic acids is 1. The molecule has 0 radical (unpaired) electrons. The first-order chi connectivity index (χ1) is 12.9. The molecule has 1 aliphatic carbocycles. The number of esters is 1. The first-order valence-corrected chi connectivity index (χ1v) is 10.1. The molecule has 1 aromatic rings. The van der Waals surface area contributed by atoms with E-state index in [1.54, 1.807) is 32.9 Å². The van der Waals surface area contributed by atoms with Crippen molar-refractivity contribution in [3.8, 4) is 0 Å². The number of hydrogen-bond acceptors (Lipinski definition) is 9. The molecule has 0 aromatic heterocycles. The molecule has 2 fully saturated rings. The smallest absolute Gasteiger partial charge is 0.340 e. The van der Waals surface area contributed by atoms with Crippen LogP contribution in [0.2, 0.25) is 0 Å². The SMILES string of the molecule is COC(=O)[C@]1(O)C[C@H](O)[C@@H]2OC(C)(C)O[C@@H]2[C@H]1OS(=O)(=O)c1ccc(C)cc1. The van der Waals surface area contributed by atoms with Crippen molar-refractivity contribution in [3.63, 3.8) is 0 Å². The van der Waals surface area contributed by atoms with Gasteiger partial charge in [0.1, 0.15) is 18.3 Å². The standard InChI is InChI=1S/C18H24O9S/c1-10-5-7-11(8-6-10)28(22,23)27-15-14-13(25-17(2,3)26-14)12(19)9-18(15,21)16(20)24-4/h5-8,12-15,19,21H,9H2,1-4H3/t12-,13-,14-,15+,18-/m0/s1. The lowest BCUT2D eigenvalue weighted by molar-refractivity contribution is -0.205. The third-order valence-corrected chi connectivity index (χ3v) is 6.22. The van der Waals surface area contributed by atoms with Gasteiger partial charge in [-0.05, 0) is 32.9 Å². The van der Waals surface area contributed by atoms with Crippen molar-refractivity contribution < 1.29 is 41.8 Å². The summed E-state index contributed by atoms with van der Waals surface area (Å²) in [5.74, 6) is -2.31. The van der Waals surface area contributed by atoms with Gasteiger partial charge in [-0.2, -0.15) is 8.42 Å². The second-order valence-corrected chi connectivity index (χ2v) is 9.11. The van der Waals surface area contributed by atoms with Crippen molar-refractivity contribution in [3.05, 3.63) is 29.8 Å². The van der Waals surface area contributed by atoms with E-state index in [1.165, 1.54) is 12.1 Å². The van der Waals surface area contributed by atoms with Crippen LogP contribution in [0.4, 0.5) is 0 Å². The molecule has 1 aliphatic heterocycles. The molecule has 2 N–H and O–H groups in total. The Kier molecular flexibility index (Phi) is 5.32. The minimum absolute atomic E-state index is 0.147. The first-order valence-electron chi connectivity index (χ1n) is 8.74. The molecule has 1 saturated heterocycles. The summed E-state index contributed by atoms with van der Waals surface area (Å²) in [7, 11) is -3.33. The van der Waals surface area contributed by atoms with E-state index in [-0.39, 0.29) is 4.90 Å². The van der Waals surface area contributed by atoms with E-state index >= 15 is 0 Å². The van der Waals surface area contributed by atoms with Gasteiger partial charge >= 0.3 is 5.97 Å². The van der Waals surface area contributed by atoms with Crippen LogP contribution in [-0.2, 0) is 33.3 Å². The molecule has 0 amide bonds. The number of benzene rings is 1. The predicted octanol–water partition coefficient (Wildman–Crippen LogP) is 0.258. The zero-order valence-electron chi connectivity index (χ0n) is 16.0. The minimum atomic E-state index is -4.37. The third kappa shape index (κ3) is 3.68. The highest BCUT2D eigenvalue weighted by Crippen LogP contribution is 2.43. The Hall–Kier alpha value is -1.56. The van der Waals surface area contributed by atoms with E-state index in [9.17, 15) is 23.4 Å². The molecule has 10 heteroatoms. The van der Waals surface area contributed by atoms with Crippen molar-refractivity contribution >= 4 is 16.1 Å². The van der Waals surface area contributed by atoms with Crippen LogP contribution in [0.25, 0.3) is 0 Å². The third-order valence-electron chi connectivity index (χ3n) is 4.91. The molecule has 1 aromatic carbocycles. The van der Waals surface area contributed by atoms with Crippen molar-refractivity contribution in [1.82, 2.24) is 0 Å². The largest absolute Gasteiger partial charge is 0.467 e. The molecular formula is C18H24O9S. The molecule has 1 heterocycles. The lowest BCUT2D eigenvalue weighted by Gasteiger charge is -2.43. The number of aliphatic hydroxyl groups excluding tert-OH is 1. The summed E-state index contributed by atoms with van der Waals surface area (Å²) in [6.07, 6.45) is -5.71. The maximum atomic E-state index is 12.8. The van der Waals surface area contributed by atoms with Gasteiger partial charge < -0.3 is 24.4 Å². The Labute approximate surface area is 163 Å². The molecule has 1 saturated carbocycles. The Morgan fingerprint density at radius 2 is 1.75 bits per heavy atom. The van der Waals surface area contributed by atoms with Gasteiger partial charge in [-0.15, -0.1) is 0 Å². The van der Waals surface area contributed by atoms with Crippen LogP contribution in [-0.4, -0.2) is 67.5 Å². The normalized spacial score (nSPS) is 34.6. The Morgan fingerprint density at radius 1 is 1.18 bits per heavy atom. The second kappa shape index (κ2) is 7.05. The molecular weight excluding hydrogens is 392 g/mol. The number of hydrogen-bond donors (Lipinski definition) is 2. The van der Waals surface area contributed by atoms with Gasteiger partial charge in [0.15, 0.2) is 11.4 Å². The van der Waals surface area contributed by atoms with E-state index in [0.29, 0.717) is 0 Å². The molecule has 9 nitrogen and oxygen atoms in total. The first kappa shape index (κ1) is 21.2. The van der Waals surface area contributed by atoms with Crippen LogP contribution >= 0.6 is 0 Å². The zero-order valence-corrected chi connectivity index (χ0v) is 16.8. The number of aryl methyl sites for hydroxylation is 1. The van der Waals surface area contributed by atoms with Gasteiger partial charge in [0.05, 0.1) is 18.1 Å². The van der Waals surface area contributed by atoms with Gasteiger partial charge in [-0.3, -0.25) is 4.18 Å². The fraction of sp³-hybridized carbons (Fsp3) is 0.611. The summed E-state index contributed by atoms with van der Waals surface area (Å²) >= 11 is 0. The van der Waals surface area contributed by atoms with Crippen LogP contribution in [0.15, 0.2) is 29.2 Å². The van der Waals surface area contributed by atoms with Gasteiger partial charge in [0.2, 0.25) is 0 Å². The Bertz CT molecular complexity index is 848. The molecule has 0 bridgehead atoms. The number of carbonyl (C=O) groups is 1. The lowest BCUT2D eigenvalue weighted by Crippen LogP contribution is -2.66. The average molecular weight is 416 g/mol. The molecule has 28 heavy (non-hydrogen) atoms. The van der Waals surface area contributed by atoms with Crippen molar-refractivity contribution in [1.29, 1.82) is 0 Å². The fourth-order valence-corrected chi connectivity index (χ4v) is 4.70. The van der Waals surface area contributed by atoms with E-state index in [0.717, 1.165) is 12.7 Å². The second-order valence-electron chi connectivity index (χ2n) is 7.54. The van der Waals surface area contributed by atoms with Crippen molar-refractivity contribution in [2.75, 3.05) is 7.11 Å². The van der Waals surface area contributed by atoms with Crippen LogP contribution < -0.4 is 0 Å². The van der Waals surface area contributed by atoms with Gasteiger partial charge in [-0.25, -0.2) is 4.79 Å². The van der Waals surface area contributed by atoms with Crippen LogP contribution in [0, 0.1) is 6.92 Å². The molecule has 5 atom stereocenters. The van der Waals surface area contributed by atoms with E-state index in [1.807, 2.05) is 0 Å². The maximum Gasteiger partial charge on any atom is 0.340 e. The number of fused-ring (bicyclic) bond motifs is 1. The summed E-state index contributed by atoms with van der Waals surface area (Å²) in [6.45, 7) is 4.94. The molecule has 2 aliphatic rings. The van der Waals surface area contributed by atoms with E-state index in [2.05, 4.69) is 4.74 Å². The van der Waals surface area contributed by atoms with E-state index < -0.39 is 58.3 Å². The summed E-state index contributed by atoms with van der Waals surface area (Å²) < 4.78 is 46.9. The molecule has 0 unspecified atom stereocenters. The highest BCUT2D eigenvalue weighted by Gasteiger charge is 2.64. The quantitative estimate of drug-likeness (QED) is 0.524. The van der Waals surface area contributed by atoms with Crippen molar-refractivity contribution in [2.24, 2.45) is 0 Å². The molecule has 156 valence electrons. The highest BCUT2D eigenvalue weighted by molar-refractivity contribution is 7.86. The lowest BCUT2D eigenvalue weighted by atomic mass is 9.77. The maximum absolute atomic E-state index is 12.8. The molecule has 3 rings (SSSR count). The van der Waals surface area contributed by atoms with Crippen LogP contribution in [0.5, 0.6) is 0 Å². The predicted molar refractivity (Wildman–Crippen MR) is 94.7 cm³/mol. The summed E-state index contributed by atoms with van der Waals surface area (Å²) in [4.78, 5) is 12.2. The number of methoxy groups -OCH3 is 1. The summed E-state index contributed by atoms with van der Waals surface area (Å²) in [5, 5.41) is 21.4. The number of aliphatic hydroxyl groups is 2. The van der Waals surface area contributed by atoms with Crippen molar-refractivity contribution in [2.45, 2.75) is 67.9 Å². The summed E-state index contributed by atoms with van der Waals surface area (Å²) in [5.41, 5.74) is -1.60. The topological polar surface area (TPSA) is 129 Å². The monoisotopic (exact) mass is 416 g/mol. The average Bonchev–Trinajstić information content (AvgIpc) is 2.94. The highest BCUT2D eigenvalue weighted by atomic mass is 32.2. The van der Waals surface area contributed by atoms with Gasteiger partial charge in [0.25, 0.3) is 10.1 Å². The number of ether oxygens (including phenoxy) is 3. The van der Waals surface area contributed by atoms with Crippen LogP contribution in [0.3, 0.4) is 0 Å². The summed E-state index contributed by atoms with van der Waals surface area (Å²) in [6, 6.07) is 5.89. The van der Waals surface area contributed by atoms with Gasteiger partial charge in [-0.1, -0.05) is 17.7 Å². The minimum Gasteiger partial charge on any atom is -0.467 e. The van der Waals surface area contributed by atoms with Gasteiger partial charge in [0, 0.05) is 6.42 Å². The number of rotatable bonds is 4. The van der Waals surface area contributed by atoms with E-state index in [4.69, 9.17) is 13.7 Å². The Morgan fingerprint density at radius 3 is 2.32 bits per heavy atom. The van der Waals surface area contributed by atoms with Crippen LogP contribution in [0.1, 0.15) is 25.8 Å².